The number of para-hydroxylation sites is 3. The zero-order valence-corrected chi connectivity index (χ0v) is 15.4. The number of hydrogen-bond donors (Lipinski definition) is 2. The Morgan fingerprint density at radius 2 is 1.48 bits per heavy atom. The van der Waals surface area contributed by atoms with Crippen LogP contribution in [0.2, 0.25) is 0 Å². The van der Waals surface area contributed by atoms with E-state index in [1.807, 2.05) is 30.3 Å². The maximum atomic E-state index is 5.47. The second kappa shape index (κ2) is 8.05. The van der Waals surface area contributed by atoms with Gasteiger partial charge in [0.1, 0.15) is 18.0 Å². The molecule has 0 atom stereocenters. The SMILES string of the molecule is Cc1ccccc1Nc1cc(Nc2ccccc2N2CCOCC2)ncn1. The summed E-state index contributed by atoms with van der Waals surface area (Å²) in [5.41, 5.74) is 4.40. The lowest BCUT2D eigenvalue weighted by molar-refractivity contribution is 0.123. The number of aromatic nitrogens is 2. The Morgan fingerprint density at radius 3 is 2.22 bits per heavy atom. The largest absolute Gasteiger partial charge is 0.378 e. The molecule has 2 N–H and O–H groups in total. The molecule has 2 heterocycles. The molecule has 0 aliphatic carbocycles. The van der Waals surface area contributed by atoms with E-state index in [1.54, 1.807) is 6.33 Å². The third-order valence-corrected chi connectivity index (χ3v) is 4.59. The first kappa shape index (κ1) is 17.3. The van der Waals surface area contributed by atoms with Crippen molar-refractivity contribution in [2.24, 2.45) is 0 Å². The number of hydrogen-bond acceptors (Lipinski definition) is 6. The molecule has 1 aromatic heterocycles. The molecule has 1 aliphatic rings. The van der Waals surface area contributed by atoms with E-state index in [-0.39, 0.29) is 0 Å². The summed E-state index contributed by atoms with van der Waals surface area (Å²) in [5, 5.41) is 6.80. The molecule has 3 aromatic rings. The zero-order valence-electron chi connectivity index (χ0n) is 15.4. The number of benzene rings is 2. The highest BCUT2D eigenvalue weighted by atomic mass is 16.5. The molecule has 0 amide bonds. The van der Waals surface area contributed by atoms with Gasteiger partial charge in [0, 0.05) is 24.8 Å². The molecule has 0 unspecified atom stereocenters. The van der Waals surface area contributed by atoms with E-state index in [0.29, 0.717) is 0 Å². The van der Waals surface area contributed by atoms with Crippen molar-refractivity contribution >= 4 is 28.7 Å². The van der Waals surface area contributed by atoms with Crippen molar-refractivity contribution in [2.75, 3.05) is 41.8 Å². The highest BCUT2D eigenvalue weighted by Gasteiger charge is 2.14. The molecule has 138 valence electrons. The summed E-state index contributed by atoms with van der Waals surface area (Å²) >= 11 is 0. The molecule has 6 heteroatoms. The normalized spacial score (nSPS) is 14.0. The summed E-state index contributed by atoms with van der Waals surface area (Å²) in [6.07, 6.45) is 1.57. The van der Waals surface area contributed by atoms with Gasteiger partial charge in [0.2, 0.25) is 0 Å². The molecule has 1 aliphatic heterocycles. The Bertz CT molecular complexity index is 908. The van der Waals surface area contributed by atoms with Gasteiger partial charge < -0.3 is 20.3 Å². The molecule has 1 saturated heterocycles. The monoisotopic (exact) mass is 361 g/mol. The van der Waals surface area contributed by atoms with Crippen LogP contribution in [0.5, 0.6) is 0 Å². The fourth-order valence-corrected chi connectivity index (χ4v) is 3.14. The van der Waals surface area contributed by atoms with E-state index in [9.17, 15) is 0 Å². The minimum atomic E-state index is 0.752. The van der Waals surface area contributed by atoms with E-state index in [1.165, 1.54) is 5.56 Å². The number of anilines is 5. The number of nitrogens with one attached hydrogen (secondary N) is 2. The number of morpholine rings is 1. The van der Waals surface area contributed by atoms with Crippen LogP contribution in [-0.2, 0) is 4.74 Å². The molecule has 4 rings (SSSR count). The average Bonchev–Trinajstić information content (AvgIpc) is 2.71. The van der Waals surface area contributed by atoms with Gasteiger partial charge in [-0.25, -0.2) is 9.97 Å². The molecule has 0 bridgehead atoms. The van der Waals surface area contributed by atoms with Crippen molar-refractivity contribution in [3.05, 3.63) is 66.5 Å². The van der Waals surface area contributed by atoms with Crippen molar-refractivity contribution in [1.82, 2.24) is 9.97 Å². The third-order valence-electron chi connectivity index (χ3n) is 4.59. The van der Waals surface area contributed by atoms with Crippen LogP contribution in [0, 0.1) is 6.92 Å². The minimum absolute atomic E-state index is 0.752. The lowest BCUT2D eigenvalue weighted by atomic mass is 10.2. The summed E-state index contributed by atoms with van der Waals surface area (Å²) in [6, 6.07) is 18.3. The zero-order chi connectivity index (χ0) is 18.5. The Labute approximate surface area is 159 Å². The molecule has 27 heavy (non-hydrogen) atoms. The highest BCUT2D eigenvalue weighted by molar-refractivity contribution is 5.75. The Balaban J connectivity index is 1.54. The van der Waals surface area contributed by atoms with E-state index < -0.39 is 0 Å². The summed E-state index contributed by atoms with van der Waals surface area (Å²) in [4.78, 5) is 11.1. The summed E-state index contributed by atoms with van der Waals surface area (Å²) in [7, 11) is 0. The fraction of sp³-hybridized carbons (Fsp3) is 0.238. The predicted molar refractivity (Wildman–Crippen MR) is 109 cm³/mol. The van der Waals surface area contributed by atoms with E-state index >= 15 is 0 Å². The fourth-order valence-electron chi connectivity index (χ4n) is 3.14. The number of ether oxygens (including phenoxy) is 1. The van der Waals surface area contributed by atoms with Gasteiger partial charge in [-0.15, -0.1) is 0 Å². The molecule has 2 aromatic carbocycles. The first-order valence-corrected chi connectivity index (χ1v) is 9.13. The van der Waals surface area contributed by atoms with Crippen LogP contribution >= 0.6 is 0 Å². The molecule has 0 radical (unpaired) electrons. The topological polar surface area (TPSA) is 62.3 Å². The van der Waals surface area contributed by atoms with Crippen LogP contribution in [0.4, 0.5) is 28.7 Å². The van der Waals surface area contributed by atoms with Crippen LogP contribution in [0.3, 0.4) is 0 Å². The van der Waals surface area contributed by atoms with Crippen molar-refractivity contribution in [1.29, 1.82) is 0 Å². The van der Waals surface area contributed by atoms with Crippen LogP contribution in [-0.4, -0.2) is 36.3 Å². The second-order valence-electron chi connectivity index (χ2n) is 6.47. The van der Waals surface area contributed by atoms with Gasteiger partial charge in [-0.3, -0.25) is 0 Å². The minimum Gasteiger partial charge on any atom is -0.378 e. The Morgan fingerprint density at radius 1 is 0.852 bits per heavy atom. The van der Waals surface area contributed by atoms with Crippen molar-refractivity contribution < 1.29 is 4.74 Å². The van der Waals surface area contributed by atoms with Crippen LogP contribution in [0.25, 0.3) is 0 Å². The van der Waals surface area contributed by atoms with Crippen molar-refractivity contribution in [3.63, 3.8) is 0 Å². The van der Waals surface area contributed by atoms with Gasteiger partial charge in [-0.05, 0) is 30.7 Å². The standard InChI is InChI=1S/C21H23N5O/c1-16-6-2-3-7-17(16)24-20-14-21(23-15-22-20)25-18-8-4-5-9-19(18)26-10-12-27-13-11-26/h2-9,14-15H,10-13H2,1H3,(H2,22,23,24,25). The van der Waals surface area contributed by atoms with Gasteiger partial charge in [-0.2, -0.15) is 0 Å². The van der Waals surface area contributed by atoms with E-state index in [2.05, 4.69) is 56.7 Å². The number of rotatable bonds is 5. The predicted octanol–water partition coefficient (Wildman–Crippen LogP) is 4.11. The van der Waals surface area contributed by atoms with Crippen LogP contribution in [0.15, 0.2) is 60.9 Å². The maximum Gasteiger partial charge on any atom is 0.135 e. The maximum absolute atomic E-state index is 5.47. The average molecular weight is 361 g/mol. The number of aryl methyl sites for hydroxylation is 1. The van der Waals surface area contributed by atoms with Gasteiger partial charge in [0.05, 0.1) is 24.6 Å². The van der Waals surface area contributed by atoms with Gasteiger partial charge in [0.25, 0.3) is 0 Å². The van der Waals surface area contributed by atoms with Crippen molar-refractivity contribution in [2.45, 2.75) is 6.92 Å². The second-order valence-corrected chi connectivity index (χ2v) is 6.47. The van der Waals surface area contributed by atoms with Gasteiger partial charge in [0.15, 0.2) is 0 Å². The van der Waals surface area contributed by atoms with E-state index in [4.69, 9.17) is 4.74 Å². The Kier molecular flexibility index (Phi) is 5.16. The smallest absolute Gasteiger partial charge is 0.135 e. The Hall–Kier alpha value is -3.12. The number of nitrogens with zero attached hydrogens (tertiary/aromatic N) is 3. The van der Waals surface area contributed by atoms with Crippen LogP contribution in [0.1, 0.15) is 5.56 Å². The quantitative estimate of drug-likeness (QED) is 0.713. The van der Waals surface area contributed by atoms with Gasteiger partial charge in [-0.1, -0.05) is 30.3 Å². The lowest BCUT2D eigenvalue weighted by Crippen LogP contribution is -2.36. The molecular formula is C21H23N5O. The van der Waals surface area contributed by atoms with Crippen molar-refractivity contribution in [3.8, 4) is 0 Å². The third kappa shape index (κ3) is 4.17. The molecule has 6 nitrogen and oxygen atoms in total. The summed E-state index contributed by atoms with van der Waals surface area (Å²) < 4.78 is 5.47. The molecular weight excluding hydrogens is 338 g/mol. The first-order valence-electron chi connectivity index (χ1n) is 9.13. The first-order chi connectivity index (χ1) is 13.3. The van der Waals surface area contributed by atoms with E-state index in [0.717, 1.165) is 55.0 Å². The summed E-state index contributed by atoms with van der Waals surface area (Å²) in [5.74, 6) is 1.51. The summed E-state index contributed by atoms with van der Waals surface area (Å²) in [6.45, 7) is 5.37. The van der Waals surface area contributed by atoms with Crippen LogP contribution < -0.4 is 15.5 Å². The van der Waals surface area contributed by atoms with Gasteiger partial charge >= 0.3 is 0 Å². The molecule has 0 spiro atoms. The lowest BCUT2D eigenvalue weighted by Gasteiger charge is -2.30. The highest BCUT2D eigenvalue weighted by Crippen LogP contribution is 2.29. The molecule has 0 saturated carbocycles. The molecule has 1 fully saturated rings.